The lowest BCUT2D eigenvalue weighted by atomic mass is 9.92. The summed E-state index contributed by atoms with van der Waals surface area (Å²) in [7, 11) is 0. The topological polar surface area (TPSA) is 68.3 Å². The van der Waals surface area contributed by atoms with Gasteiger partial charge in [-0.1, -0.05) is 90.5 Å². The molecule has 0 saturated carbocycles. The van der Waals surface area contributed by atoms with Gasteiger partial charge in [-0.2, -0.15) is 0 Å². The molecule has 0 saturated heterocycles. The van der Waals surface area contributed by atoms with Gasteiger partial charge >= 0.3 is 5.97 Å². The van der Waals surface area contributed by atoms with Gasteiger partial charge in [-0.15, -0.1) is 0 Å². The number of anilines is 1. The molecule has 0 atom stereocenters. The first kappa shape index (κ1) is 26.1. The highest BCUT2D eigenvalue weighted by atomic mass is 35.5. The average molecular weight is 535 g/mol. The van der Waals surface area contributed by atoms with Crippen molar-refractivity contribution >= 4 is 39.9 Å². The van der Waals surface area contributed by atoms with Gasteiger partial charge in [0, 0.05) is 53.9 Å². The van der Waals surface area contributed by atoms with Crippen molar-refractivity contribution in [2.24, 2.45) is 0 Å². The minimum absolute atomic E-state index is 0.0936. The molecular weight excluding hydrogens is 508 g/mol. The molecule has 0 aliphatic rings. The molecule has 0 fully saturated rings. The van der Waals surface area contributed by atoms with Crippen molar-refractivity contribution in [2.45, 2.75) is 19.9 Å². The molecule has 4 aromatic carbocycles. The Morgan fingerprint density at radius 1 is 0.872 bits per heavy atom. The molecule has 0 radical (unpaired) electrons. The van der Waals surface area contributed by atoms with Crippen LogP contribution >= 0.6 is 11.6 Å². The molecule has 6 heteroatoms. The van der Waals surface area contributed by atoms with Crippen LogP contribution in [-0.4, -0.2) is 23.3 Å². The number of hydrogen-bond donors (Lipinski definition) is 1. The SMILES string of the molecule is CC(=O)OCCc1cccc(CNc2cccc(-c3c(C(=O)c4ccccc4)cnc4c(Cl)cccc34)c2)c1. The van der Waals surface area contributed by atoms with Crippen LogP contribution in [0.25, 0.3) is 22.0 Å². The molecule has 5 aromatic rings. The van der Waals surface area contributed by atoms with E-state index in [2.05, 4.69) is 22.4 Å². The van der Waals surface area contributed by atoms with Gasteiger partial charge in [-0.3, -0.25) is 14.6 Å². The number of carbonyl (C=O) groups excluding carboxylic acids is 2. The summed E-state index contributed by atoms with van der Waals surface area (Å²) in [5.74, 6) is -0.366. The van der Waals surface area contributed by atoms with Crippen molar-refractivity contribution in [3.63, 3.8) is 0 Å². The van der Waals surface area contributed by atoms with Gasteiger partial charge in [0.2, 0.25) is 0 Å². The fourth-order valence-corrected chi connectivity index (χ4v) is 4.84. The first-order chi connectivity index (χ1) is 19.0. The Morgan fingerprint density at radius 3 is 2.46 bits per heavy atom. The zero-order chi connectivity index (χ0) is 27.2. The molecule has 0 unspecified atom stereocenters. The number of pyridine rings is 1. The van der Waals surface area contributed by atoms with Crippen molar-refractivity contribution in [3.8, 4) is 11.1 Å². The highest BCUT2D eigenvalue weighted by Crippen LogP contribution is 2.36. The molecule has 0 amide bonds. The number of hydrogen-bond acceptors (Lipinski definition) is 5. The lowest BCUT2D eigenvalue weighted by molar-refractivity contribution is -0.140. The molecular formula is C33H27ClN2O3. The van der Waals surface area contributed by atoms with Crippen molar-refractivity contribution in [2.75, 3.05) is 11.9 Å². The molecule has 194 valence electrons. The van der Waals surface area contributed by atoms with Crippen LogP contribution in [0.1, 0.15) is 34.0 Å². The Kier molecular flexibility index (Phi) is 7.99. The summed E-state index contributed by atoms with van der Waals surface area (Å²) in [6, 6.07) is 31.1. The zero-order valence-electron chi connectivity index (χ0n) is 21.5. The lowest BCUT2D eigenvalue weighted by Crippen LogP contribution is -2.06. The molecule has 0 spiro atoms. The second kappa shape index (κ2) is 11.9. The van der Waals surface area contributed by atoms with E-state index in [9.17, 15) is 9.59 Å². The van der Waals surface area contributed by atoms with Gasteiger partial charge in [0.15, 0.2) is 5.78 Å². The van der Waals surface area contributed by atoms with Crippen LogP contribution in [0.2, 0.25) is 5.02 Å². The maximum atomic E-state index is 13.6. The maximum Gasteiger partial charge on any atom is 0.302 e. The van der Waals surface area contributed by atoms with E-state index < -0.39 is 0 Å². The standard InChI is InChI=1S/C33H27ClN2O3/c1-22(37)39-17-16-23-8-5-9-24(18-23)20-35-27-13-6-12-26(19-27)31-28-14-7-15-30(34)32(28)36-21-29(31)33(38)25-10-3-2-4-11-25/h2-15,18-19,21,35H,16-17,20H2,1H3. The van der Waals surface area contributed by atoms with Gasteiger partial charge in [0.1, 0.15) is 0 Å². The van der Waals surface area contributed by atoms with Crippen LogP contribution in [0.4, 0.5) is 5.69 Å². The van der Waals surface area contributed by atoms with Crippen molar-refractivity contribution in [3.05, 3.63) is 131 Å². The minimum Gasteiger partial charge on any atom is -0.466 e. The van der Waals surface area contributed by atoms with E-state index in [1.54, 1.807) is 12.3 Å². The summed E-state index contributed by atoms with van der Waals surface area (Å²) in [6.07, 6.45) is 2.29. The fraction of sp³-hybridized carbons (Fsp3) is 0.121. The summed E-state index contributed by atoms with van der Waals surface area (Å²) in [5, 5.41) is 4.86. The largest absolute Gasteiger partial charge is 0.466 e. The van der Waals surface area contributed by atoms with Gasteiger partial charge in [-0.25, -0.2) is 0 Å². The van der Waals surface area contributed by atoms with Crippen molar-refractivity contribution in [1.29, 1.82) is 0 Å². The monoisotopic (exact) mass is 534 g/mol. The molecule has 1 aromatic heterocycles. The predicted octanol–water partition coefficient (Wildman–Crippen LogP) is 7.50. The van der Waals surface area contributed by atoms with Crippen LogP contribution in [0.15, 0.2) is 103 Å². The van der Waals surface area contributed by atoms with Gasteiger partial charge in [0.05, 0.1) is 17.1 Å². The number of nitrogens with zero attached hydrogens (tertiary/aromatic N) is 1. The number of fused-ring (bicyclic) bond motifs is 1. The Hall–Kier alpha value is -4.48. The minimum atomic E-state index is -0.273. The number of para-hydroxylation sites is 1. The van der Waals surface area contributed by atoms with Gasteiger partial charge < -0.3 is 10.1 Å². The maximum absolute atomic E-state index is 13.6. The number of rotatable bonds is 9. The van der Waals surface area contributed by atoms with E-state index in [4.69, 9.17) is 16.3 Å². The van der Waals surface area contributed by atoms with E-state index in [1.165, 1.54) is 6.92 Å². The highest BCUT2D eigenvalue weighted by molar-refractivity contribution is 6.35. The summed E-state index contributed by atoms with van der Waals surface area (Å²) < 4.78 is 5.07. The number of halogens is 1. The third-order valence-corrected chi connectivity index (χ3v) is 6.77. The molecule has 39 heavy (non-hydrogen) atoms. The second-order valence-electron chi connectivity index (χ2n) is 9.22. The molecule has 0 bridgehead atoms. The van der Waals surface area contributed by atoms with Gasteiger partial charge in [0.25, 0.3) is 0 Å². The van der Waals surface area contributed by atoms with Crippen molar-refractivity contribution in [1.82, 2.24) is 4.98 Å². The van der Waals surface area contributed by atoms with Crippen LogP contribution in [0, 0.1) is 0 Å². The number of ether oxygens (including phenoxy) is 1. The predicted molar refractivity (Wildman–Crippen MR) is 156 cm³/mol. The van der Waals surface area contributed by atoms with E-state index in [0.29, 0.717) is 41.2 Å². The number of aromatic nitrogens is 1. The number of carbonyl (C=O) groups is 2. The average Bonchev–Trinajstić information content (AvgIpc) is 2.96. The first-order valence-corrected chi connectivity index (χ1v) is 13.1. The Balaban J connectivity index is 1.46. The Morgan fingerprint density at radius 2 is 1.64 bits per heavy atom. The highest BCUT2D eigenvalue weighted by Gasteiger charge is 2.19. The normalized spacial score (nSPS) is 10.8. The summed E-state index contributed by atoms with van der Waals surface area (Å²) in [6.45, 7) is 2.39. The van der Waals surface area contributed by atoms with E-state index in [-0.39, 0.29) is 11.8 Å². The third-order valence-electron chi connectivity index (χ3n) is 6.46. The lowest BCUT2D eigenvalue weighted by Gasteiger charge is -2.15. The molecule has 1 heterocycles. The number of benzene rings is 4. The molecule has 0 aliphatic carbocycles. The van der Waals surface area contributed by atoms with Gasteiger partial charge in [-0.05, 0) is 34.9 Å². The molecule has 0 aliphatic heterocycles. The Labute approximate surface area is 232 Å². The second-order valence-corrected chi connectivity index (χ2v) is 9.63. The molecule has 1 N–H and O–H groups in total. The van der Waals surface area contributed by atoms with Crippen LogP contribution in [-0.2, 0) is 22.5 Å². The van der Waals surface area contributed by atoms with Crippen molar-refractivity contribution < 1.29 is 14.3 Å². The first-order valence-electron chi connectivity index (χ1n) is 12.7. The zero-order valence-corrected chi connectivity index (χ0v) is 22.2. The number of nitrogens with one attached hydrogen (secondary N) is 1. The molecule has 5 rings (SSSR count). The number of ketones is 1. The Bertz CT molecular complexity index is 1650. The summed E-state index contributed by atoms with van der Waals surface area (Å²) >= 11 is 6.49. The van der Waals surface area contributed by atoms with Crippen LogP contribution in [0.3, 0.4) is 0 Å². The smallest absolute Gasteiger partial charge is 0.302 e. The van der Waals surface area contributed by atoms with Crippen LogP contribution in [0.5, 0.6) is 0 Å². The quantitative estimate of drug-likeness (QED) is 0.156. The summed E-state index contributed by atoms with van der Waals surface area (Å²) in [4.78, 5) is 29.2. The van der Waals surface area contributed by atoms with E-state index in [1.807, 2.05) is 78.9 Å². The fourth-order valence-electron chi connectivity index (χ4n) is 4.61. The number of esters is 1. The van der Waals surface area contributed by atoms with E-state index >= 15 is 0 Å². The van der Waals surface area contributed by atoms with E-state index in [0.717, 1.165) is 33.3 Å². The van der Waals surface area contributed by atoms with Crippen LogP contribution < -0.4 is 5.32 Å². The third kappa shape index (κ3) is 6.16. The molecule has 5 nitrogen and oxygen atoms in total. The summed E-state index contributed by atoms with van der Waals surface area (Å²) in [5.41, 5.74) is 6.61.